The molecule has 1 amide bonds. The van der Waals surface area contributed by atoms with E-state index < -0.39 is 4.92 Å². The molecule has 120 valence electrons. The second-order valence-corrected chi connectivity index (χ2v) is 5.12. The molecule has 0 aliphatic heterocycles. The number of aryl methyl sites for hydroxylation is 2. The molecule has 0 atom stereocenters. The average Bonchev–Trinajstić information content (AvgIpc) is 2.50. The maximum absolute atomic E-state index is 13.4. The lowest BCUT2D eigenvalue weighted by atomic mass is 10.2. The fraction of sp³-hybridized carbons (Fsp3) is 0.188. The third kappa shape index (κ3) is 4.26. The normalized spacial score (nSPS) is 10.2. The number of hydrogen-bond donors (Lipinski definition) is 2. The van der Waals surface area contributed by atoms with Gasteiger partial charge in [0.1, 0.15) is 5.82 Å². The molecule has 0 saturated heterocycles. The second kappa shape index (κ2) is 6.87. The lowest BCUT2D eigenvalue weighted by Gasteiger charge is -2.10. The number of nitrogens with zero attached hydrogens (tertiary/aromatic N) is 1. The molecule has 6 nitrogen and oxygen atoms in total. The van der Waals surface area contributed by atoms with Gasteiger partial charge in [0.2, 0.25) is 5.91 Å². The molecule has 2 rings (SSSR count). The molecule has 0 radical (unpaired) electrons. The summed E-state index contributed by atoms with van der Waals surface area (Å²) in [5.41, 5.74) is 2.00. The molecule has 0 aromatic heterocycles. The minimum atomic E-state index is -0.525. The van der Waals surface area contributed by atoms with Crippen molar-refractivity contribution in [1.29, 1.82) is 0 Å². The number of amides is 1. The van der Waals surface area contributed by atoms with Crippen LogP contribution in [0.3, 0.4) is 0 Å². The van der Waals surface area contributed by atoms with Crippen LogP contribution >= 0.6 is 0 Å². The third-order valence-corrected chi connectivity index (χ3v) is 3.33. The SMILES string of the molecule is Cc1ccc(NCC(=O)Nc2cc([N+](=O)[O-])ccc2C)cc1F. The fourth-order valence-electron chi connectivity index (χ4n) is 1.94. The third-order valence-electron chi connectivity index (χ3n) is 3.33. The van der Waals surface area contributed by atoms with E-state index in [2.05, 4.69) is 10.6 Å². The molecular weight excluding hydrogens is 301 g/mol. The molecule has 2 aromatic rings. The van der Waals surface area contributed by atoms with E-state index in [1.165, 1.54) is 18.2 Å². The van der Waals surface area contributed by atoms with E-state index in [1.807, 2.05) is 0 Å². The highest BCUT2D eigenvalue weighted by Gasteiger charge is 2.11. The van der Waals surface area contributed by atoms with Crippen LogP contribution in [0.4, 0.5) is 21.5 Å². The molecule has 2 aromatic carbocycles. The van der Waals surface area contributed by atoms with Crippen LogP contribution in [-0.4, -0.2) is 17.4 Å². The van der Waals surface area contributed by atoms with Crippen LogP contribution in [-0.2, 0) is 4.79 Å². The van der Waals surface area contributed by atoms with Gasteiger partial charge in [0, 0.05) is 17.8 Å². The molecule has 0 saturated carbocycles. The van der Waals surface area contributed by atoms with E-state index in [-0.39, 0.29) is 24.0 Å². The van der Waals surface area contributed by atoms with Crippen molar-refractivity contribution in [2.24, 2.45) is 0 Å². The zero-order chi connectivity index (χ0) is 17.0. The van der Waals surface area contributed by atoms with Gasteiger partial charge in [-0.2, -0.15) is 0 Å². The number of non-ortho nitro benzene ring substituents is 1. The Hall–Kier alpha value is -2.96. The largest absolute Gasteiger partial charge is 0.376 e. The Morgan fingerprint density at radius 2 is 1.87 bits per heavy atom. The van der Waals surface area contributed by atoms with E-state index in [4.69, 9.17) is 0 Å². The van der Waals surface area contributed by atoms with Crippen molar-refractivity contribution in [2.75, 3.05) is 17.2 Å². The van der Waals surface area contributed by atoms with E-state index >= 15 is 0 Å². The topological polar surface area (TPSA) is 84.3 Å². The molecule has 0 spiro atoms. The Morgan fingerprint density at radius 1 is 1.17 bits per heavy atom. The minimum absolute atomic E-state index is 0.0787. The molecule has 0 heterocycles. The van der Waals surface area contributed by atoms with Crippen LogP contribution in [0.5, 0.6) is 0 Å². The fourth-order valence-corrected chi connectivity index (χ4v) is 1.94. The van der Waals surface area contributed by atoms with Crippen LogP contribution in [0, 0.1) is 29.8 Å². The Labute approximate surface area is 132 Å². The summed E-state index contributed by atoms with van der Waals surface area (Å²) >= 11 is 0. The van der Waals surface area contributed by atoms with E-state index in [0.29, 0.717) is 22.5 Å². The van der Waals surface area contributed by atoms with Gasteiger partial charge < -0.3 is 10.6 Å². The molecule has 0 aliphatic carbocycles. The number of nitro groups is 1. The minimum Gasteiger partial charge on any atom is -0.376 e. The van der Waals surface area contributed by atoms with Gasteiger partial charge in [-0.25, -0.2) is 4.39 Å². The molecule has 0 bridgehead atoms. The number of carbonyl (C=O) groups is 1. The summed E-state index contributed by atoms with van der Waals surface area (Å²) in [5.74, 6) is -0.737. The summed E-state index contributed by atoms with van der Waals surface area (Å²) in [6, 6.07) is 8.83. The lowest BCUT2D eigenvalue weighted by Crippen LogP contribution is -2.22. The quantitative estimate of drug-likeness (QED) is 0.654. The Morgan fingerprint density at radius 3 is 2.52 bits per heavy atom. The Bertz CT molecular complexity index is 762. The molecule has 7 heteroatoms. The highest BCUT2D eigenvalue weighted by molar-refractivity contribution is 5.94. The van der Waals surface area contributed by atoms with Crippen molar-refractivity contribution in [1.82, 2.24) is 0 Å². The molecule has 0 aliphatic rings. The Kier molecular flexibility index (Phi) is 4.90. The van der Waals surface area contributed by atoms with Crippen molar-refractivity contribution in [3.05, 3.63) is 63.5 Å². The van der Waals surface area contributed by atoms with Crippen LogP contribution in [0.2, 0.25) is 0 Å². The summed E-state index contributed by atoms with van der Waals surface area (Å²) in [4.78, 5) is 22.2. The van der Waals surface area contributed by atoms with Crippen molar-refractivity contribution < 1.29 is 14.1 Å². The molecular formula is C16H16FN3O3. The van der Waals surface area contributed by atoms with Gasteiger partial charge in [-0.15, -0.1) is 0 Å². The van der Waals surface area contributed by atoms with Gasteiger partial charge in [-0.1, -0.05) is 12.1 Å². The maximum atomic E-state index is 13.4. The second-order valence-electron chi connectivity index (χ2n) is 5.12. The van der Waals surface area contributed by atoms with Crippen molar-refractivity contribution in [3.63, 3.8) is 0 Å². The van der Waals surface area contributed by atoms with E-state index in [9.17, 15) is 19.3 Å². The number of anilines is 2. The molecule has 0 fully saturated rings. The highest BCUT2D eigenvalue weighted by Crippen LogP contribution is 2.21. The monoisotopic (exact) mass is 317 g/mol. The first-order chi connectivity index (χ1) is 10.9. The maximum Gasteiger partial charge on any atom is 0.271 e. The van der Waals surface area contributed by atoms with Gasteiger partial charge in [0.25, 0.3) is 5.69 Å². The van der Waals surface area contributed by atoms with E-state index in [1.54, 1.807) is 32.0 Å². The van der Waals surface area contributed by atoms with Crippen molar-refractivity contribution in [2.45, 2.75) is 13.8 Å². The summed E-state index contributed by atoms with van der Waals surface area (Å²) in [6.45, 7) is 3.31. The highest BCUT2D eigenvalue weighted by atomic mass is 19.1. The van der Waals surface area contributed by atoms with Crippen LogP contribution in [0.15, 0.2) is 36.4 Å². The predicted octanol–water partition coefficient (Wildman–Crippen LogP) is 3.40. The van der Waals surface area contributed by atoms with Gasteiger partial charge >= 0.3 is 0 Å². The van der Waals surface area contributed by atoms with Gasteiger partial charge in [0.15, 0.2) is 0 Å². The first kappa shape index (κ1) is 16.4. The standard InChI is InChI=1S/C16H16FN3O3/c1-10-3-5-12(7-14(10)17)18-9-16(21)19-15-8-13(20(22)23)6-4-11(15)2/h3-8,18H,9H2,1-2H3,(H,19,21). The number of carbonyl (C=O) groups excluding carboxylic acids is 1. The average molecular weight is 317 g/mol. The number of hydrogen-bond acceptors (Lipinski definition) is 4. The van der Waals surface area contributed by atoms with Crippen molar-refractivity contribution >= 4 is 23.0 Å². The first-order valence-electron chi connectivity index (χ1n) is 6.92. The van der Waals surface area contributed by atoms with E-state index in [0.717, 1.165) is 0 Å². The lowest BCUT2D eigenvalue weighted by molar-refractivity contribution is -0.384. The number of nitro benzene ring substituents is 1. The smallest absolute Gasteiger partial charge is 0.271 e. The molecule has 0 unspecified atom stereocenters. The number of benzene rings is 2. The van der Waals surface area contributed by atoms with Crippen molar-refractivity contribution in [3.8, 4) is 0 Å². The number of halogens is 1. The predicted molar refractivity (Wildman–Crippen MR) is 86.1 cm³/mol. The van der Waals surface area contributed by atoms with Crippen LogP contribution in [0.25, 0.3) is 0 Å². The summed E-state index contributed by atoms with van der Waals surface area (Å²) in [6.07, 6.45) is 0. The first-order valence-corrected chi connectivity index (χ1v) is 6.92. The van der Waals surface area contributed by atoms with Crippen LogP contribution in [0.1, 0.15) is 11.1 Å². The van der Waals surface area contributed by atoms with Gasteiger partial charge in [-0.05, 0) is 37.1 Å². The molecule has 2 N–H and O–H groups in total. The number of rotatable bonds is 5. The zero-order valence-corrected chi connectivity index (χ0v) is 12.7. The summed E-state index contributed by atoms with van der Waals surface area (Å²) in [5, 5.41) is 16.2. The summed E-state index contributed by atoms with van der Waals surface area (Å²) in [7, 11) is 0. The van der Waals surface area contributed by atoms with Gasteiger partial charge in [-0.3, -0.25) is 14.9 Å². The van der Waals surface area contributed by atoms with Crippen LogP contribution < -0.4 is 10.6 Å². The Balaban J connectivity index is 2.00. The molecule has 23 heavy (non-hydrogen) atoms. The summed E-state index contributed by atoms with van der Waals surface area (Å²) < 4.78 is 13.4. The van der Waals surface area contributed by atoms with Gasteiger partial charge in [0.05, 0.1) is 17.2 Å². The number of nitrogens with one attached hydrogen (secondary N) is 2. The zero-order valence-electron chi connectivity index (χ0n) is 12.7.